The maximum atomic E-state index is 14.0. The van der Waals surface area contributed by atoms with Crippen molar-refractivity contribution in [3.05, 3.63) is 35.6 Å². The van der Waals surface area contributed by atoms with Crippen molar-refractivity contribution in [2.75, 3.05) is 11.9 Å². The molecule has 2 aromatic rings. The molecule has 0 bridgehead atoms. The van der Waals surface area contributed by atoms with Gasteiger partial charge in [-0.15, -0.1) is 0 Å². The van der Waals surface area contributed by atoms with E-state index >= 15 is 0 Å². The zero-order valence-electron chi connectivity index (χ0n) is 12.3. The van der Waals surface area contributed by atoms with Crippen molar-refractivity contribution in [2.24, 2.45) is 0 Å². The molecule has 21 heavy (non-hydrogen) atoms. The average molecular weight is 289 g/mol. The number of hydrogen-bond donors (Lipinski definition) is 1. The summed E-state index contributed by atoms with van der Waals surface area (Å²) in [4.78, 5) is 12.5. The normalized spacial score (nSPS) is 14.0. The minimum Gasteiger partial charge on any atom is -0.367 e. The molecule has 0 radical (unpaired) electrons. The van der Waals surface area contributed by atoms with Crippen LogP contribution in [0.4, 0.5) is 10.2 Å². The molecule has 0 unspecified atom stereocenters. The molecule has 1 N–H and O–H groups in total. The smallest absolute Gasteiger partial charge is 0.186 e. The van der Waals surface area contributed by atoms with Gasteiger partial charge in [-0.2, -0.15) is 0 Å². The Hall–Kier alpha value is -1.98. The molecule has 3 rings (SSSR count). The molecule has 0 amide bonds. The first kappa shape index (κ1) is 14.0. The van der Waals surface area contributed by atoms with E-state index in [1.807, 2.05) is 6.92 Å². The van der Waals surface area contributed by atoms with E-state index in [2.05, 4.69) is 31.0 Å². The number of halogens is 1. The van der Waals surface area contributed by atoms with Crippen molar-refractivity contribution < 1.29 is 4.39 Å². The first-order valence-corrected chi connectivity index (χ1v) is 7.56. The fourth-order valence-corrected chi connectivity index (χ4v) is 2.68. The Balaban J connectivity index is 1.60. The summed E-state index contributed by atoms with van der Waals surface area (Å²) in [5.41, 5.74) is 1.51. The van der Waals surface area contributed by atoms with Crippen LogP contribution in [0.5, 0.6) is 0 Å². The first-order valence-electron chi connectivity index (χ1n) is 7.56. The molecule has 112 valence electrons. The lowest BCUT2D eigenvalue weighted by Gasteiger charge is -2.11. The molecule has 0 saturated carbocycles. The average Bonchev–Trinajstić information content (AvgIpc) is 2.91. The molecular formula is C15H20FN5. The molecule has 0 aliphatic carbocycles. The molecule has 5 nitrogen and oxygen atoms in total. The molecular weight excluding hydrogens is 269 g/mol. The summed E-state index contributed by atoms with van der Waals surface area (Å²) < 4.78 is 16.2. The Bertz CT molecular complexity index is 599. The van der Waals surface area contributed by atoms with Crippen molar-refractivity contribution >= 4 is 5.82 Å². The minimum absolute atomic E-state index is 0.283. The summed E-state index contributed by atoms with van der Waals surface area (Å²) in [6, 6.07) is 0. The van der Waals surface area contributed by atoms with E-state index in [0.717, 1.165) is 25.1 Å². The van der Waals surface area contributed by atoms with Crippen LogP contribution in [0.2, 0.25) is 0 Å². The van der Waals surface area contributed by atoms with Gasteiger partial charge in [0.2, 0.25) is 0 Å². The molecule has 1 aliphatic heterocycles. The highest BCUT2D eigenvalue weighted by molar-refractivity contribution is 5.37. The van der Waals surface area contributed by atoms with E-state index in [1.54, 1.807) is 0 Å². The van der Waals surface area contributed by atoms with Crippen LogP contribution in [0.3, 0.4) is 0 Å². The van der Waals surface area contributed by atoms with Crippen LogP contribution in [0.1, 0.15) is 37.0 Å². The fraction of sp³-hybridized carbons (Fsp3) is 0.533. The van der Waals surface area contributed by atoms with Gasteiger partial charge >= 0.3 is 0 Å². The molecule has 6 heteroatoms. The number of rotatable bonds is 5. The third-order valence-corrected chi connectivity index (χ3v) is 3.83. The summed E-state index contributed by atoms with van der Waals surface area (Å²) in [5, 5.41) is 3.04. The largest absolute Gasteiger partial charge is 0.367 e. The SMILES string of the molecule is CCc1ncnc(NCCc2cn3c(n2)CCCC3)c1F. The summed E-state index contributed by atoms with van der Waals surface area (Å²) in [6.45, 7) is 3.56. The lowest BCUT2D eigenvalue weighted by molar-refractivity contribution is 0.522. The highest BCUT2D eigenvalue weighted by atomic mass is 19.1. The van der Waals surface area contributed by atoms with E-state index in [9.17, 15) is 4.39 Å². The number of fused-ring (bicyclic) bond motifs is 1. The Kier molecular flexibility index (Phi) is 4.13. The molecule has 0 fully saturated rings. The lowest BCUT2D eigenvalue weighted by Crippen LogP contribution is -2.10. The standard InChI is InChI=1S/C15H20FN5/c1-2-12-14(16)15(19-10-18-12)17-7-6-11-9-21-8-4-3-5-13(21)20-11/h9-10H,2-8H2,1H3,(H,17,18,19). The van der Waals surface area contributed by atoms with E-state index in [1.165, 1.54) is 25.0 Å². The van der Waals surface area contributed by atoms with Crippen LogP contribution in [-0.4, -0.2) is 26.1 Å². The number of hydrogen-bond acceptors (Lipinski definition) is 4. The quantitative estimate of drug-likeness (QED) is 0.918. The van der Waals surface area contributed by atoms with Gasteiger partial charge in [-0.05, 0) is 19.3 Å². The van der Waals surface area contributed by atoms with Gasteiger partial charge in [-0.1, -0.05) is 6.92 Å². The number of aryl methyl sites for hydroxylation is 3. The topological polar surface area (TPSA) is 55.6 Å². The predicted octanol–water partition coefficient (Wildman–Crippen LogP) is 2.37. The Labute approximate surface area is 123 Å². The zero-order valence-corrected chi connectivity index (χ0v) is 12.3. The molecule has 0 atom stereocenters. The summed E-state index contributed by atoms with van der Waals surface area (Å²) in [6.07, 6.45) is 8.37. The van der Waals surface area contributed by atoms with Crippen LogP contribution < -0.4 is 5.32 Å². The summed E-state index contributed by atoms with van der Waals surface area (Å²) in [5.74, 6) is 1.12. The van der Waals surface area contributed by atoms with Crippen LogP contribution >= 0.6 is 0 Å². The highest BCUT2D eigenvalue weighted by Crippen LogP contribution is 2.16. The van der Waals surface area contributed by atoms with Gasteiger partial charge in [-0.25, -0.2) is 19.3 Å². The zero-order chi connectivity index (χ0) is 14.7. The van der Waals surface area contributed by atoms with Crippen molar-refractivity contribution in [3.63, 3.8) is 0 Å². The van der Waals surface area contributed by atoms with Crippen molar-refractivity contribution in [3.8, 4) is 0 Å². The Morgan fingerprint density at radius 2 is 2.24 bits per heavy atom. The number of imidazole rings is 1. The van der Waals surface area contributed by atoms with Gasteiger partial charge in [0.15, 0.2) is 11.6 Å². The van der Waals surface area contributed by atoms with Crippen LogP contribution in [0.15, 0.2) is 12.5 Å². The monoisotopic (exact) mass is 289 g/mol. The van der Waals surface area contributed by atoms with Crippen LogP contribution in [0.25, 0.3) is 0 Å². The van der Waals surface area contributed by atoms with Crippen molar-refractivity contribution in [2.45, 2.75) is 45.6 Å². The van der Waals surface area contributed by atoms with E-state index in [4.69, 9.17) is 0 Å². The van der Waals surface area contributed by atoms with Gasteiger partial charge in [-0.3, -0.25) is 0 Å². The molecule has 0 saturated heterocycles. The lowest BCUT2D eigenvalue weighted by atomic mass is 10.2. The summed E-state index contributed by atoms with van der Waals surface area (Å²) in [7, 11) is 0. The van der Waals surface area contributed by atoms with E-state index in [0.29, 0.717) is 18.7 Å². The van der Waals surface area contributed by atoms with Crippen molar-refractivity contribution in [1.29, 1.82) is 0 Å². The molecule has 0 spiro atoms. The number of nitrogens with one attached hydrogen (secondary N) is 1. The van der Waals surface area contributed by atoms with E-state index < -0.39 is 0 Å². The predicted molar refractivity (Wildman–Crippen MR) is 78.7 cm³/mol. The fourth-order valence-electron chi connectivity index (χ4n) is 2.68. The Morgan fingerprint density at radius 3 is 3.05 bits per heavy atom. The summed E-state index contributed by atoms with van der Waals surface area (Å²) >= 11 is 0. The van der Waals surface area contributed by atoms with Gasteiger partial charge in [0.05, 0.1) is 11.4 Å². The Morgan fingerprint density at radius 1 is 1.33 bits per heavy atom. The number of aromatic nitrogens is 4. The highest BCUT2D eigenvalue weighted by Gasteiger charge is 2.13. The first-order chi connectivity index (χ1) is 10.3. The third-order valence-electron chi connectivity index (χ3n) is 3.83. The van der Waals surface area contributed by atoms with Gasteiger partial charge in [0.1, 0.15) is 12.2 Å². The van der Waals surface area contributed by atoms with Crippen LogP contribution in [-0.2, 0) is 25.8 Å². The molecule has 1 aliphatic rings. The van der Waals surface area contributed by atoms with Gasteiger partial charge in [0.25, 0.3) is 0 Å². The van der Waals surface area contributed by atoms with E-state index in [-0.39, 0.29) is 11.6 Å². The second-order valence-corrected chi connectivity index (χ2v) is 5.31. The maximum Gasteiger partial charge on any atom is 0.186 e. The third kappa shape index (κ3) is 3.04. The number of nitrogens with zero attached hydrogens (tertiary/aromatic N) is 4. The van der Waals surface area contributed by atoms with Crippen molar-refractivity contribution in [1.82, 2.24) is 19.5 Å². The van der Waals surface area contributed by atoms with Crippen LogP contribution in [0, 0.1) is 5.82 Å². The molecule has 2 aromatic heterocycles. The second kappa shape index (κ2) is 6.20. The molecule has 0 aromatic carbocycles. The minimum atomic E-state index is -0.343. The maximum absolute atomic E-state index is 14.0. The second-order valence-electron chi connectivity index (χ2n) is 5.31. The molecule has 3 heterocycles. The number of anilines is 1. The van der Waals surface area contributed by atoms with Gasteiger partial charge in [0, 0.05) is 32.1 Å². The van der Waals surface area contributed by atoms with Gasteiger partial charge < -0.3 is 9.88 Å².